The lowest BCUT2D eigenvalue weighted by Crippen LogP contribution is -2.46. The molecular weight excluding hydrogens is 258 g/mol. The monoisotopic (exact) mass is 289 g/mol. The van der Waals surface area contributed by atoms with Gasteiger partial charge in [-0.25, -0.2) is 0 Å². The van der Waals surface area contributed by atoms with Crippen LogP contribution >= 0.6 is 0 Å². The summed E-state index contributed by atoms with van der Waals surface area (Å²) in [4.78, 5) is 4.71. The highest BCUT2D eigenvalue weighted by Gasteiger charge is 2.31. The molecule has 118 valence electrons. The van der Waals surface area contributed by atoms with E-state index in [1.165, 1.54) is 18.4 Å². The topological polar surface area (TPSA) is 18.5 Å². The molecule has 1 N–H and O–H groups in total. The van der Waals surface area contributed by atoms with Crippen LogP contribution in [0.15, 0.2) is 30.3 Å². The third-order valence-corrected chi connectivity index (χ3v) is 4.38. The summed E-state index contributed by atoms with van der Waals surface area (Å²) in [5.41, 5.74) is 1.61. The maximum Gasteiger partial charge on any atom is 0.0177 e. The van der Waals surface area contributed by atoms with Crippen molar-refractivity contribution < 1.29 is 0 Å². The Labute approximate surface area is 130 Å². The van der Waals surface area contributed by atoms with E-state index in [1.807, 2.05) is 0 Å². The van der Waals surface area contributed by atoms with Gasteiger partial charge >= 0.3 is 0 Å². The summed E-state index contributed by atoms with van der Waals surface area (Å²) in [6.45, 7) is 6.76. The zero-order chi connectivity index (χ0) is 15.3. The molecule has 2 rings (SSSR count). The van der Waals surface area contributed by atoms with Crippen LogP contribution in [0.4, 0.5) is 0 Å². The van der Waals surface area contributed by atoms with E-state index in [1.54, 1.807) is 0 Å². The fourth-order valence-electron chi connectivity index (χ4n) is 2.79. The van der Waals surface area contributed by atoms with Gasteiger partial charge < -0.3 is 15.1 Å². The maximum absolute atomic E-state index is 3.73. The van der Waals surface area contributed by atoms with Crippen LogP contribution in [-0.2, 0) is 5.41 Å². The lowest BCUT2D eigenvalue weighted by Gasteiger charge is -2.35. The molecule has 0 saturated heterocycles. The Morgan fingerprint density at radius 3 is 2.33 bits per heavy atom. The third kappa shape index (κ3) is 5.42. The fraction of sp³-hybridized carbons (Fsp3) is 0.667. The molecular formula is C18H31N3. The number of rotatable bonds is 9. The molecule has 3 heteroatoms. The summed E-state index contributed by atoms with van der Waals surface area (Å²) in [6, 6.07) is 11.7. The van der Waals surface area contributed by atoms with Crippen molar-refractivity contribution in [3.05, 3.63) is 35.9 Å². The molecule has 1 aromatic carbocycles. The van der Waals surface area contributed by atoms with Crippen molar-refractivity contribution in [3.8, 4) is 0 Å². The van der Waals surface area contributed by atoms with Crippen LogP contribution in [0.1, 0.15) is 25.3 Å². The molecule has 0 heterocycles. The Morgan fingerprint density at radius 1 is 1.10 bits per heavy atom. The van der Waals surface area contributed by atoms with Gasteiger partial charge in [0.05, 0.1) is 0 Å². The molecule has 0 aliphatic heterocycles. The number of benzene rings is 1. The quantitative estimate of drug-likeness (QED) is 0.752. The average Bonchev–Trinajstić information content (AvgIpc) is 3.28. The van der Waals surface area contributed by atoms with Crippen molar-refractivity contribution >= 4 is 0 Å². The number of likely N-dealkylation sites (N-methyl/N-ethyl adjacent to an activating group) is 2. The first-order valence-corrected chi connectivity index (χ1v) is 8.12. The van der Waals surface area contributed by atoms with Crippen LogP contribution in [0.3, 0.4) is 0 Å². The van der Waals surface area contributed by atoms with Crippen LogP contribution < -0.4 is 5.32 Å². The maximum atomic E-state index is 3.73. The van der Waals surface area contributed by atoms with E-state index in [4.69, 9.17) is 0 Å². The van der Waals surface area contributed by atoms with Crippen LogP contribution in [0.5, 0.6) is 0 Å². The summed E-state index contributed by atoms with van der Waals surface area (Å²) < 4.78 is 0. The van der Waals surface area contributed by atoms with E-state index >= 15 is 0 Å². The Balaban J connectivity index is 2.00. The molecule has 1 aromatic rings. The number of hydrogen-bond donors (Lipinski definition) is 1. The molecule has 0 bridgehead atoms. The van der Waals surface area contributed by atoms with Gasteiger partial charge in [0, 0.05) is 37.6 Å². The molecule has 0 amide bonds. The van der Waals surface area contributed by atoms with Crippen molar-refractivity contribution in [2.75, 3.05) is 47.3 Å². The van der Waals surface area contributed by atoms with Crippen molar-refractivity contribution in [3.63, 3.8) is 0 Å². The lowest BCUT2D eigenvalue weighted by molar-refractivity contribution is 0.227. The smallest absolute Gasteiger partial charge is 0.0177 e. The van der Waals surface area contributed by atoms with Gasteiger partial charge in [0.1, 0.15) is 0 Å². The number of nitrogens with one attached hydrogen (secondary N) is 1. The largest absolute Gasteiger partial charge is 0.313 e. The van der Waals surface area contributed by atoms with Crippen LogP contribution in [0.2, 0.25) is 0 Å². The molecule has 21 heavy (non-hydrogen) atoms. The van der Waals surface area contributed by atoms with E-state index < -0.39 is 0 Å². The summed E-state index contributed by atoms with van der Waals surface area (Å²) in [6.07, 6.45) is 2.70. The highest BCUT2D eigenvalue weighted by atomic mass is 15.2. The van der Waals surface area contributed by atoms with Gasteiger partial charge in [-0.3, -0.25) is 0 Å². The Morgan fingerprint density at radius 2 is 1.76 bits per heavy atom. The van der Waals surface area contributed by atoms with E-state index in [0.717, 1.165) is 32.2 Å². The normalized spacial score (nSPS) is 18.2. The second kappa shape index (κ2) is 7.39. The molecule has 0 aromatic heterocycles. The van der Waals surface area contributed by atoms with Crippen LogP contribution in [0, 0.1) is 0 Å². The lowest BCUT2D eigenvalue weighted by atomic mass is 9.81. The first kappa shape index (κ1) is 16.5. The predicted molar refractivity (Wildman–Crippen MR) is 90.9 cm³/mol. The average molecular weight is 289 g/mol. The Bertz CT molecular complexity index is 414. The standard InChI is InChI=1S/C18H31N3/c1-18(14-19-17-10-11-17,16-8-6-5-7-9-16)15-21(4)13-12-20(2)3/h5-9,17,19H,10-15H2,1-4H3. The first-order chi connectivity index (χ1) is 9.99. The van der Waals surface area contributed by atoms with Gasteiger partial charge in [-0.15, -0.1) is 0 Å². The van der Waals surface area contributed by atoms with E-state index in [-0.39, 0.29) is 5.41 Å². The minimum absolute atomic E-state index is 0.172. The minimum atomic E-state index is 0.172. The molecule has 1 atom stereocenters. The third-order valence-electron chi connectivity index (χ3n) is 4.38. The molecule has 1 unspecified atom stereocenters. The van der Waals surface area contributed by atoms with Gasteiger partial charge in [0.15, 0.2) is 0 Å². The van der Waals surface area contributed by atoms with E-state index in [0.29, 0.717) is 0 Å². The predicted octanol–water partition coefficient (Wildman–Crippen LogP) is 2.19. The summed E-state index contributed by atoms with van der Waals surface area (Å²) in [7, 11) is 6.51. The molecule has 1 aliphatic rings. The summed E-state index contributed by atoms with van der Waals surface area (Å²) in [5, 5.41) is 3.73. The summed E-state index contributed by atoms with van der Waals surface area (Å²) in [5.74, 6) is 0. The molecule has 1 aliphatic carbocycles. The second-order valence-corrected chi connectivity index (χ2v) is 7.12. The SMILES string of the molecule is CN(C)CCN(C)CC(C)(CNC1CC1)c1ccccc1. The Hall–Kier alpha value is -0.900. The minimum Gasteiger partial charge on any atom is -0.313 e. The van der Waals surface area contributed by atoms with Gasteiger partial charge in [0.25, 0.3) is 0 Å². The van der Waals surface area contributed by atoms with Crippen molar-refractivity contribution in [1.29, 1.82) is 0 Å². The molecule has 0 spiro atoms. The van der Waals surface area contributed by atoms with Crippen LogP contribution in [-0.4, -0.2) is 63.2 Å². The fourth-order valence-corrected chi connectivity index (χ4v) is 2.79. The van der Waals surface area contributed by atoms with E-state index in [2.05, 4.69) is 73.5 Å². The van der Waals surface area contributed by atoms with E-state index in [9.17, 15) is 0 Å². The van der Waals surface area contributed by atoms with Crippen molar-refractivity contribution in [2.24, 2.45) is 0 Å². The molecule has 1 saturated carbocycles. The second-order valence-electron chi connectivity index (χ2n) is 7.12. The number of hydrogen-bond acceptors (Lipinski definition) is 3. The summed E-state index contributed by atoms with van der Waals surface area (Å²) >= 11 is 0. The van der Waals surface area contributed by atoms with Crippen molar-refractivity contribution in [2.45, 2.75) is 31.2 Å². The zero-order valence-corrected chi connectivity index (χ0v) is 14.1. The van der Waals surface area contributed by atoms with Gasteiger partial charge in [-0.1, -0.05) is 37.3 Å². The number of nitrogens with zero attached hydrogens (tertiary/aromatic N) is 2. The van der Waals surface area contributed by atoms with Gasteiger partial charge in [-0.2, -0.15) is 0 Å². The van der Waals surface area contributed by atoms with Gasteiger partial charge in [-0.05, 0) is 39.5 Å². The zero-order valence-electron chi connectivity index (χ0n) is 14.1. The Kier molecular flexibility index (Phi) is 5.80. The molecule has 1 fully saturated rings. The highest BCUT2D eigenvalue weighted by Crippen LogP contribution is 2.26. The van der Waals surface area contributed by atoms with Crippen LogP contribution in [0.25, 0.3) is 0 Å². The molecule has 0 radical (unpaired) electrons. The first-order valence-electron chi connectivity index (χ1n) is 8.12. The molecule has 3 nitrogen and oxygen atoms in total. The highest BCUT2D eigenvalue weighted by molar-refractivity contribution is 5.25. The van der Waals surface area contributed by atoms with Gasteiger partial charge in [0.2, 0.25) is 0 Å². The van der Waals surface area contributed by atoms with Crippen molar-refractivity contribution in [1.82, 2.24) is 15.1 Å².